The zero-order valence-corrected chi connectivity index (χ0v) is 6.23. The number of rotatable bonds is 6. The summed E-state index contributed by atoms with van der Waals surface area (Å²) in [6.07, 6.45) is 5.23. The fourth-order valence-electron chi connectivity index (χ4n) is 0.576. The Morgan fingerprint density at radius 2 is 2.22 bits per heavy atom. The third kappa shape index (κ3) is 7.70. The van der Waals surface area contributed by atoms with Crippen LogP contribution in [0.25, 0.3) is 0 Å². The van der Waals surface area contributed by atoms with E-state index in [1.54, 1.807) is 0 Å². The van der Waals surface area contributed by atoms with Crippen LogP contribution in [0.4, 0.5) is 0 Å². The van der Waals surface area contributed by atoms with Crippen molar-refractivity contribution in [2.24, 2.45) is 0 Å². The van der Waals surface area contributed by atoms with E-state index in [1.807, 2.05) is 6.08 Å². The van der Waals surface area contributed by atoms with Gasteiger partial charge in [-0.25, -0.2) is 0 Å². The summed E-state index contributed by atoms with van der Waals surface area (Å²) in [4.78, 5) is 0. The first-order valence-corrected chi connectivity index (χ1v) is 3.60. The molecule has 0 saturated carbocycles. The third-order valence-corrected chi connectivity index (χ3v) is 1.05. The van der Waals surface area contributed by atoms with Gasteiger partial charge in [0.1, 0.15) is 0 Å². The van der Waals surface area contributed by atoms with Gasteiger partial charge in [0.05, 0.1) is 0 Å². The fraction of sp³-hybridized carbons (Fsp3) is 0.750. The first-order chi connectivity index (χ1) is 4.41. The van der Waals surface area contributed by atoms with Gasteiger partial charge in [-0.2, -0.15) is 0 Å². The van der Waals surface area contributed by atoms with Crippen LogP contribution in [-0.2, 0) is 4.74 Å². The summed E-state index contributed by atoms with van der Waals surface area (Å²) in [7, 11) is 0. The second kappa shape index (κ2) is 7.70. The molecule has 1 nitrogen and oxygen atoms in total. The molecular weight excluding hydrogens is 112 g/mol. The van der Waals surface area contributed by atoms with Gasteiger partial charge in [-0.15, -0.1) is 6.58 Å². The van der Waals surface area contributed by atoms with E-state index in [9.17, 15) is 0 Å². The molecule has 0 heterocycles. The van der Waals surface area contributed by atoms with E-state index in [-0.39, 0.29) is 0 Å². The third-order valence-electron chi connectivity index (χ3n) is 1.05. The lowest BCUT2D eigenvalue weighted by Crippen LogP contribution is -1.94. The largest absolute Gasteiger partial charge is 0.381 e. The summed E-state index contributed by atoms with van der Waals surface area (Å²) in [6, 6.07) is 0. The van der Waals surface area contributed by atoms with Crippen LogP contribution in [0.2, 0.25) is 0 Å². The molecule has 0 N–H and O–H groups in total. The highest BCUT2D eigenvalue weighted by Crippen LogP contribution is 1.90. The minimum Gasteiger partial charge on any atom is -0.381 e. The molecule has 0 aliphatic rings. The molecule has 0 radical (unpaired) electrons. The zero-order chi connectivity index (χ0) is 6.95. The Bertz CT molecular complexity index is 59.6. The SMILES string of the molecule is C=CCCCOCCC. The van der Waals surface area contributed by atoms with Crippen LogP contribution in [0.15, 0.2) is 12.7 Å². The van der Waals surface area contributed by atoms with Crippen LogP contribution < -0.4 is 0 Å². The molecule has 0 bridgehead atoms. The maximum absolute atomic E-state index is 5.24. The van der Waals surface area contributed by atoms with Crippen molar-refractivity contribution >= 4 is 0 Å². The molecule has 0 aromatic rings. The van der Waals surface area contributed by atoms with Gasteiger partial charge in [-0.05, 0) is 19.3 Å². The molecule has 9 heavy (non-hydrogen) atoms. The molecule has 0 aliphatic heterocycles. The number of ether oxygens (including phenoxy) is 1. The van der Waals surface area contributed by atoms with Gasteiger partial charge in [-0.3, -0.25) is 0 Å². The van der Waals surface area contributed by atoms with Crippen molar-refractivity contribution in [1.82, 2.24) is 0 Å². The lowest BCUT2D eigenvalue weighted by Gasteiger charge is -1.98. The predicted molar refractivity (Wildman–Crippen MR) is 40.5 cm³/mol. The van der Waals surface area contributed by atoms with Crippen molar-refractivity contribution in [2.45, 2.75) is 26.2 Å². The second-order valence-corrected chi connectivity index (χ2v) is 2.04. The smallest absolute Gasteiger partial charge is 0.0468 e. The van der Waals surface area contributed by atoms with E-state index >= 15 is 0 Å². The van der Waals surface area contributed by atoms with Gasteiger partial charge >= 0.3 is 0 Å². The number of hydrogen-bond donors (Lipinski definition) is 0. The summed E-state index contributed by atoms with van der Waals surface area (Å²) < 4.78 is 5.24. The molecule has 0 saturated heterocycles. The molecule has 0 rings (SSSR count). The molecule has 54 valence electrons. The predicted octanol–water partition coefficient (Wildman–Crippen LogP) is 2.38. The van der Waals surface area contributed by atoms with Crippen molar-refractivity contribution < 1.29 is 4.74 Å². The molecule has 0 spiro atoms. The van der Waals surface area contributed by atoms with Gasteiger partial charge in [0.15, 0.2) is 0 Å². The second-order valence-electron chi connectivity index (χ2n) is 2.04. The van der Waals surface area contributed by atoms with Gasteiger partial charge in [-0.1, -0.05) is 13.0 Å². The molecule has 0 aliphatic carbocycles. The molecule has 0 amide bonds. The summed E-state index contributed by atoms with van der Waals surface area (Å²) in [5, 5.41) is 0. The lowest BCUT2D eigenvalue weighted by molar-refractivity contribution is 0.133. The fourth-order valence-corrected chi connectivity index (χ4v) is 0.576. The topological polar surface area (TPSA) is 9.23 Å². The van der Waals surface area contributed by atoms with E-state index in [0.717, 1.165) is 32.5 Å². The van der Waals surface area contributed by atoms with Crippen LogP contribution >= 0.6 is 0 Å². The van der Waals surface area contributed by atoms with E-state index < -0.39 is 0 Å². The molecule has 0 aromatic carbocycles. The standard InChI is InChI=1S/C8H16O/c1-3-5-6-8-9-7-4-2/h3H,1,4-8H2,2H3. The molecule has 0 unspecified atom stereocenters. The van der Waals surface area contributed by atoms with Crippen molar-refractivity contribution in [3.63, 3.8) is 0 Å². The van der Waals surface area contributed by atoms with Crippen molar-refractivity contribution in [1.29, 1.82) is 0 Å². The Hall–Kier alpha value is -0.300. The zero-order valence-electron chi connectivity index (χ0n) is 6.23. The number of allylic oxidation sites excluding steroid dienone is 1. The summed E-state index contributed by atoms with van der Waals surface area (Å²) in [5.74, 6) is 0. The highest BCUT2D eigenvalue weighted by atomic mass is 16.5. The average molecular weight is 128 g/mol. The quantitative estimate of drug-likeness (QED) is 0.394. The van der Waals surface area contributed by atoms with Gasteiger partial charge in [0.25, 0.3) is 0 Å². The molecule has 1 heteroatoms. The molecule has 0 aromatic heterocycles. The summed E-state index contributed by atoms with van der Waals surface area (Å²) in [5.41, 5.74) is 0. The minimum absolute atomic E-state index is 0.889. The Kier molecular flexibility index (Phi) is 7.44. The maximum Gasteiger partial charge on any atom is 0.0468 e. The van der Waals surface area contributed by atoms with Crippen molar-refractivity contribution in [3.05, 3.63) is 12.7 Å². The number of unbranched alkanes of at least 4 members (excludes halogenated alkanes) is 1. The van der Waals surface area contributed by atoms with Gasteiger partial charge in [0.2, 0.25) is 0 Å². The monoisotopic (exact) mass is 128 g/mol. The van der Waals surface area contributed by atoms with Crippen LogP contribution in [0.1, 0.15) is 26.2 Å². The Balaban J connectivity index is 2.66. The van der Waals surface area contributed by atoms with E-state index in [0.29, 0.717) is 0 Å². The van der Waals surface area contributed by atoms with Crippen LogP contribution in [0.5, 0.6) is 0 Å². The van der Waals surface area contributed by atoms with Crippen LogP contribution in [-0.4, -0.2) is 13.2 Å². The average Bonchev–Trinajstić information content (AvgIpc) is 1.89. The van der Waals surface area contributed by atoms with Crippen LogP contribution in [0.3, 0.4) is 0 Å². The Morgan fingerprint density at radius 1 is 1.44 bits per heavy atom. The first-order valence-electron chi connectivity index (χ1n) is 3.60. The summed E-state index contributed by atoms with van der Waals surface area (Å²) >= 11 is 0. The van der Waals surface area contributed by atoms with E-state index in [1.165, 1.54) is 0 Å². The number of hydrogen-bond acceptors (Lipinski definition) is 1. The normalized spacial score (nSPS) is 9.44. The van der Waals surface area contributed by atoms with Crippen molar-refractivity contribution in [3.8, 4) is 0 Å². The maximum atomic E-state index is 5.24. The minimum atomic E-state index is 0.889. The first kappa shape index (κ1) is 8.70. The highest BCUT2D eigenvalue weighted by molar-refractivity contribution is 4.64. The van der Waals surface area contributed by atoms with E-state index in [4.69, 9.17) is 4.74 Å². The Morgan fingerprint density at radius 3 is 2.78 bits per heavy atom. The molecule has 0 fully saturated rings. The van der Waals surface area contributed by atoms with Crippen LogP contribution in [0, 0.1) is 0 Å². The van der Waals surface area contributed by atoms with Crippen molar-refractivity contribution in [2.75, 3.05) is 13.2 Å². The molecular formula is C8H16O. The van der Waals surface area contributed by atoms with Gasteiger partial charge in [0, 0.05) is 13.2 Å². The summed E-state index contributed by atoms with van der Waals surface area (Å²) in [6.45, 7) is 7.53. The highest BCUT2D eigenvalue weighted by Gasteiger charge is 1.83. The Labute approximate surface area is 57.7 Å². The molecule has 0 atom stereocenters. The van der Waals surface area contributed by atoms with Gasteiger partial charge < -0.3 is 4.74 Å². The van der Waals surface area contributed by atoms with E-state index in [2.05, 4.69) is 13.5 Å². The lowest BCUT2D eigenvalue weighted by atomic mass is 10.3.